The molecule has 0 radical (unpaired) electrons. The number of nitrogens with zero attached hydrogens (tertiary/aromatic N) is 1. The smallest absolute Gasteiger partial charge is 0.142 e. The minimum Gasteiger partial charge on any atom is -0.387 e. The third kappa shape index (κ3) is 3.44. The number of aliphatic hydroxyl groups excluding tert-OH is 1. The van der Waals surface area contributed by atoms with E-state index in [9.17, 15) is 9.50 Å². The van der Waals surface area contributed by atoms with Crippen LogP contribution in [0.4, 0.5) is 4.39 Å². The lowest BCUT2D eigenvalue weighted by atomic mass is 10.1. The topological polar surface area (TPSA) is 45.1 Å². The van der Waals surface area contributed by atoms with Gasteiger partial charge in [0.15, 0.2) is 0 Å². The Morgan fingerprint density at radius 3 is 3.00 bits per heavy atom. The highest BCUT2D eigenvalue weighted by atomic mass is 35.5. The van der Waals surface area contributed by atoms with E-state index in [-0.39, 0.29) is 5.02 Å². The maximum atomic E-state index is 13.4. The standard InChI is InChI=1S/C16H14ClFN2OS/c17-12-2-1-11(6-13(12)18)15(21)9-19-7-10-5-16-14(20-8-10)3-4-22-16/h1-6,8,15,19,21H,7,9H2. The van der Waals surface area contributed by atoms with Crippen LogP contribution in [-0.2, 0) is 6.54 Å². The number of fused-ring (bicyclic) bond motifs is 1. The molecule has 3 nitrogen and oxygen atoms in total. The van der Waals surface area contributed by atoms with Crippen LogP contribution >= 0.6 is 22.9 Å². The van der Waals surface area contributed by atoms with Crippen molar-refractivity contribution >= 4 is 33.2 Å². The zero-order valence-electron chi connectivity index (χ0n) is 11.6. The van der Waals surface area contributed by atoms with Crippen molar-refractivity contribution in [3.63, 3.8) is 0 Å². The summed E-state index contributed by atoms with van der Waals surface area (Å²) in [5, 5.41) is 15.3. The number of benzene rings is 1. The van der Waals surface area contributed by atoms with E-state index in [0.29, 0.717) is 18.7 Å². The second-order valence-electron chi connectivity index (χ2n) is 4.97. The van der Waals surface area contributed by atoms with E-state index in [1.165, 1.54) is 12.1 Å². The number of nitrogens with one attached hydrogen (secondary N) is 1. The van der Waals surface area contributed by atoms with Crippen LogP contribution in [0.2, 0.25) is 5.02 Å². The van der Waals surface area contributed by atoms with Crippen LogP contribution in [0.15, 0.2) is 41.9 Å². The van der Waals surface area contributed by atoms with Crippen molar-refractivity contribution in [2.24, 2.45) is 0 Å². The maximum absolute atomic E-state index is 13.4. The monoisotopic (exact) mass is 336 g/mol. The molecule has 1 atom stereocenters. The number of pyridine rings is 1. The molecule has 6 heteroatoms. The van der Waals surface area contributed by atoms with Crippen molar-refractivity contribution in [3.8, 4) is 0 Å². The second-order valence-corrected chi connectivity index (χ2v) is 6.32. The van der Waals surface area contributed by atoms with Gasteiger partial charge in [0.1, 0.15) is 5.82 Å². The van der Waals surface area contributed by atoms with E-state index in [1.54, 1.807) is 17.4 Å². The summed E-state index contributed by atoms with van der Waals surface area (Å²) in [7, 11) is 0. The molecule has 114 valence electrons. The molecule has 0 saturated heterocycles. The largest absolute Gasteiger partial charge is 0.387 e. The average molecular weight is 337 g/mol. The number of aromatic nitrogens is 1. The average Bonchev–Trinajstić information content (AvgIpc) is 2.97. The van der Waals surface area contributed by atoms with E-state index in [4.69, 9.17) is 11.6 Å². The summed E-state index contributed by atoms with van der Waals surface area (Å²) in [6.45, 7) is 0.914. The van der Waals surface area contributed by atoms with Gasteiger partial charge in [-0.2, -0.15) is 0 Å². The molecule has 2 aromatic heterocycles. The fourth-order valence-electron chi connectivity index (χ4n) is 2.17. The van der Waals surface area contributed by atoms with Gasteiger partial charge in [-0.3, -0.25) is 4.98 Å². The van der Waals surface area contributed by atoms with Gasteiger partial charge in [0.25, 0.3) is 0 Å². The Labute approximate surface area is 136 Å². The highest BCUT2D eigenvalue weighted by Gasteiger charge is 2.10. The minimum atomic E-state index is -0.787. The van der Waals surface area contributed by atoms with Gasteiger partial charge in [-0.1, -0.05) is 17.7 Å². The Morgan fingerprint density at radius 2 is 2.18 bits per heavy atom. The molecule has 0 aliphatic carbocycles. The van der Waals surface area contributed by atoms with Gasteiger partial charge in [-0.05, 0) is 40.8 Å². The van der Waals surface area contributed by atoms with Crippen LogP contribution in [0, 0.1) is 5.82 Å². The zero-order chi connectivity index (χ0) is 15.5. The number of halogens is 2. The van der Waals surface area contributed by atoms with Crippen molar-refractivity contribution in [1.82, 2.24) is 10.3 Å². The summed E-state index contributed by atoms with van der Waals surface area (Å²) in [4.78, 5) is 4.36. The van der Waals surface area contributed by atoms with E-state index in [2.05, 4.69) is 16.4 Å². The molecule has 0 fully saturated rings. The number of aliphatic hydroxyl groups is 1. The SMILES string of the molecule is OC(CNCc1cnc2ccsc2c1)c1ccc(Cl)c(F)c1. The molecule has 0 aliphatic rings. The van der Waals surface area contributed by atoms with Gasteiger partial charge in [0.05, 0.1) is 21.3 Å². The third-order valence-electron chi connectivity index (χ3n) is 3.35. The predicted octanol–water partition coefficient (Wildman–Crippen LogP) is 3.91. The summed E-state index contributed by atoms with van der Waals surface area (Å²) >= 11 is 7.28. The molecule has 0 amide bonds. The molecule has 0 saturated carbocycles. The molecule has 3 rings (SSSR count). The molecule has 1 unspecified atom stereocenters. The van der Waals surface area contributed by atoms with Crippen LogP contribution in [-0.4, -0.2) is 16.6 Å². The van der Waals surface area contributed by atoms with Crippen molar-refractivity contribution in [3.05, 3.63) is 63.9 Å². The van der Waals surface area contributed by atoms with Gasteiger partial charge in [-0.15, -0.1) is 11.3 Å². The number of hydrogen-bond acceptors (Lipinski definition) is 4. The Hall–Kier alpha value is -1.53. The molecule has 0 bridgehead atoms. The summed E-state index contributed by atoms with van der Waals surface area (Å²) in [6.07, 6.45) is 1.03. The predicted molar refractivity (Wildman–Crippen MR) is 87.7 cm³/mol. The fourth-order valence-corrected chi connectivity index (χ4v) is 3.10. The maximum Gasteiger partial charge on any atom is 0.142 e. The highest BCUT2D eigenvalue weighted by Crippen LogP contribution is 2.21. The second kappa shape index (κ2) is 6.71. The molecule has 2 heterocycles. The molecule has 2 N–H and O–H groups in total. The van der Waals surface area contributed by atoms with Crippen molar-refractivity contribution in [2.45, 2.75) is 12.6 Å². The van der Waals surface area contributed by atoms with Crippen LogP contribution in [0.1, 0.15) is 17.2 Å². The summed E-state index contributed by atoms with van der Waals surface area (Å²) in [5.41, 5.74) is 2.54. The first kappa shape index (κ1) is 15.4. The Morgan fingerprint density at radius 1 is 1.32 bits per heavy atom. The fraction of sp³-hybridized carbons (Fsp3) is 0.188. The number of thiophene rings is 1. The van der Waals surface area contributed by atoms with Crippen LogP contribution in [0.5, 0.6) is 0 Å². The van der Waals surface area contributed by atoms with E-state index in [0.717, 1.165) is 15.8 Å². The molecule has 1 aromatic carbocycles. The van der Waals surface area contributed by atoms with Crippen molar-refractivity contribution in [2.75, 3.05) is 6.54 Å². The van der Waals surface area contributed by atoms with Gasteiger partial charge < -0.3 is 10.4 Å². The van der Waals surface area contributed by atoms with Gasteiger partial charge in [0, 0.05) is 19.3 Å². The molecule has 0 spiro atoms. The first-order valence-corrected chi connectivity index (χ1v) is 8.05. The van der Waals surface area contributed by atoms with Crippen LogP contribution in [0.25, 0.3) is 10.2 Å². The van der Waals surface area contributed by atoms with Gasteiger partial charge >= 0.3 is 0 Å². The third-order valence-corrected chi connectivity index (χ3v) is 4.51. The van der Waals surface area contributed by atoms with Crippen LogP contribution < -0.4 is 5.32 Å². The first-order valence-electron chi connectivity index (χ1n) is 6.79. The van der Waals surface area contributed by atoms with E-state index >= 15 is 0 Å². The normalized spacial score (nSPS) is 12.7. The highest BCUT2D eigenvalue weighted by molar-refractivity contribution is 7.17. The number of rotatable bonds is 5. The zero-order valence-corrected chi connectivity index (χ0v) is 13.2. The van der Waals surface area contributed by atoms with Gasteiger partial charge in [-0.25, -0.2) is 4.39 Å². The van der Waals surface area contributed by atoms with Crippen molar-refractivity contribution < 1.29 is 9.50 Å². The Bertz CT molecular complexity index is 793. The lowest BCUT2D eigenvalue weighted by Crippen LogP contribution is -2.21. The molecule has 22 heavy (non-hydrogen) atoms. The van der Waals surface area contributed by atoms with E-state index < -0.39 is 11.9 Å². The summed E-state index contributed by atoms with van der Waals surface area (Å²) in [5.74, 6) is -0.523. The lowest BCUT2D eigenvalue weighted by molar-refractivity contribution is 0.174. The molecule has 0 aliphatic heterocycles. The Balaban J connectivity index is 1.58. The first-order chi connectivity index (χ1) is 10.6. The molecular weight excluding hydrogens is 323 g/mol. The minimum absolute atomic E-state index is 0.0548. The summed E-state index contributed by atoms with van der Waals surface area (Å²) < 4.78 is 14.5. The summed E-state index contributed by atoms with van der Waals surface area (Å²) in [6, 6.07) is 8.39. The van der Waals surface area contributed by atoms with Crippen molar-refractivity contribution in [1.29, 1.82) is 0 Å². The number of hydrogen-bond donors (Lipinski definition) is 2. The quantitative estimate of drug-likeness (QED) is 0.742. The molecular formula is C16H14ClFN2OS. The molecule has 3 aromatic rings. The lowest BCUT2D eigenvalue weighted by Gasteiger charge is -2.12. The van der Waals surface area contributed by atoms with E-state index in [1.807, 2.05) is 17.6 Å². The van der Waals surface area contributed by atoms with Gasteiger partial charge in [0.2, 0.25) is 0 Å². The van der Waals surface area contributed by atoms with Crippen LogP contribution in [0.3, 0.4) is 0 Å². The Kier molecular flexibility index (Phi) is 4.69.